The van der Waals surface area contributed by atoms with E-state index >= 15 is 0 Å². The van der Waals surface area contributed by atoms with Gasteiger partial charge < -0.3 is 14.4 Å². The number of fused-ring (bicyclic) bond motifs is 1. The van der Waals surface area contributed by atoms with Crippen molar-refractivity contribution >= 4 is 5.91 Å². The first-order valence-electron chi connectivity index (χ1n) is 9.22. The van der Waals surface area contributed by atoms with Gasteiger partial charge in [-0.25, -0.2) is 0 Å². The number of nitrogens with one attached hydrogen (secondary N) is 1. The molecule has 2 fully saturated rings. The maximum Gasteiger partial charge on any atom is 0.274 e. The van der Waals surface area contributed by atoms with Crippen molar-refractivity contribution in [3.63, 3.8) is 0 Å². The highest BCUT2D eigenvalue weighted by molar-refractivity contribution is 5.92. The van der Waals surface area contributed by atoms with Crippen LogP contribution in [0.15, 0.2) is 24.3 Å². The second kappa shape index (κ2) is 6.32. The first-order valence-corrected chi connectivity index (χ1v) is 9.22. The summed E-state index contributed by atoms with van der Waals surface area (Å²) in [5.74, 6) is 2.26. The van der Waals surface area contributed by atoms with E-state index in [2.05, 4.69) is 21.2 Å². The number of aromatic nitrogens is 2. The highest BCUT2D eigenvalue weighted by atomic mass is 16.7. The molecule has 5 rings (SSSR count). The molecule has 26 heavy (non-hydrogen) atoms. The lowest BCUT2D eigenvalue weighted by Gasteiger charge is -2.34. The third-order valence-electron chi connectivity index (χ3n) is 5.34. The summed E-state index contributed by atoms with van der Waals surface area (Å²) in [5, 5.41) is 7.24. The van der Waals surface area contributed by atoms with Crippen molar-refractivity contribution in [2.24, 2.45) is 0 Å². The van der Waals surface area contributed by atoms with Crippen molar-refractivity contribution in [1.29, 1.82) is 0 Å². The number of hydrogen-bond donors (Lipinski definition) is 1. The molecule has 3 aliphatic rings. The molecule has 1 saturated heterocycles. The third-order valence-corrected chi connectivity index (χ3v) is 5.34. The fraction of sp³-hybridized carbons (Fsp3) is 0.474. The van der Waals surface area contributed by atoms with Gasteiger partial charge in [0, 0.05) is 44.3 Å². The molecule has 1 saturated carbocycles. The Balaban J connectivity index is 1.17. The van der Waals surface area contributed by atoms with E-state index in [4.69, 9.17) is 9.47 Å². The second-order valence-electron chi connectivity index (χ2n) is 7.24. The molecule has 7 nitrogen and oxygen atoms in total. The summed E-state index contributed by atoms with van der Waals surface area (Å²) in [7, 11) is 0. The van der Waals surface area contributed by atoms with E-state index in [0.29, 0.717) is 18.4 Å². The summed E-state index contributed by atoms with van der Waals surface area (Å²) < 4.78 is 10.8. The molecule has 136 valence electrons. The number of piperazine rings is 1. The number of carbonyl (C=O) groups excluding carboxylic acids is 1. The molecule has 0 spiro atoms. The standard InChI is InChI=1S/C19H22N4O3/c24-19(16-10-15(20-21-16)14-2-3-14)23-7-5-22(6-8-23)11-13-1-4-17-18(9-13)26-12-25-17/h1,4,9-10,14H,2-3,5-8,11-12H2,(H,20,21). The van der Waals surface area contributed by atoms with E-state index in [9.17, 15) is 4.79 Å². The predicted octanol–water partition coefficient (Wildman–Crippen LogP) is 1.97. The van der Waals surface area contributed by atoms with Gasteiger partial charge in [0.2, 0.25) is 6.79 Å². The third kappa shape index (κ3) is 3.03. The van der Waals surface area contributed by atoms with Gasteiger partial charge in [-0.3, -0.25) is 14.8 Å². The zero-order valence-electron chi connectivity index (χ0n) is 14.6. The summed E-state index contributed by atoms with van der Waals surface area (Å²) in [6, 6.07) is 8.02. The van der Waals surface area contributed by atoms with Crippen LogP contribution in [0.25, 0.3) is 0 Å². The fourth-order valence-electron chi connectivity index (χ4n) is 3.62. The predicted molar refractivity (Wildman–Crippen MR) is 94.3 cm³/mol. The van der Waals surface area contributed by atoms with Gasteiger partial charge >= 0.3 is 0 Å². The molecule has 7 heteroatoms. The molecule has 0 unspecified atom stereocenters. The first-order chi connectivity index (χ1) is 12.8. The summed E-state index contributed by atoms with van der Waals surface area (Å²) in [5.41, 5.74) is 2.86. The molecule has 1 amide bonds. The van der Waals surface area contributed by atoms with Crippen molar-refractivity contribution in [2.45, 2.75) is 25.3 Å². The second-order valence-corrected chi connectivity index (χ2v) is 7.24. The fourth-order valence-corrected chi connectivity index (χ4v) is 3.62. The quantitative estimate of drug-likeness (QED) is 0.909. The maximum absolute atomic E-state index is 12.6. The number of benzene rings is 1. The van der Waals surface area contributed by atoms with Crippen molar-refractivity contribution in [1.82, 2.24) is 20.0 Å². The van der Waals surface area contributed by atoms with Gasteiger partial charge in [0.15, 0.2) is 11.5 Å². The minimum absolute atomic E-state index is 0.0379. The first kappa shape index (κ1) is 15.7. The van der Waals surface area contributed by atoms with Gasteiger partial charge in [0.1, 0.15) is 5.69 Å². The Labute approximate surface area is 151 Å². The molecule has 1 aromatic heterocycles. The molecular formula is C19H22N4O3. The molecule has 2 aromatic rings. The van der Waals surface area contributed by atoms with Crippen LogP contribution in [0.1, 0.15) is 40.5 Å². The summed E-state index contributed by atoms with van der Waals surface area (Å²) in [6.07, 6.45) is 2.41. The monoisotopic (exact) mass is 354 g/mol. The maximum atomic E-state index is 12.6. The number of hydrogen-bond acceptors (Lipinski definition) is 5. The number of rotatable bonds is 4. The summed E-state index contributed by atoms with van der Waals surface area (Å²) >= 11 is 0. The van der Waals surface area contributed by atoms with E-state index < -0.39 is 0 Å². The lowest BCUT2D eigenvalue weighted by atomic mass is 10.1. The Morgan fingerprint density at radius 3 is 2.73 bits per heavy atom. The molecule has 1 N–H and O–H groups in total. The number of aromatic amines is 1. The minimum Gasteiger partial charge on any atom is -0.454 e. The molecule has 3 heterocycles. The highest BCUT2D eigenvalue weighted by Crippen LogP contribution is 2.39. The Morgan fingerprint density at radius 2 is 1.92 bits per heavy atom. The highest BCUT2D eigenvalue weighted by Gasteiger charge is 2.28. The van der Waals surface area contributed by atoms with Gasteiger partial charge in [-0.15, -0.1) is 0 Å². The molecule has 1 aliphatic carbocycles. The van der Waals surface area contributed by atoms with Crippen molar-refractivity contribution in [2.75, 3.05) is 33.0 Å². The van der Waals surface area contributed by atoms with E-state index in [0.717, 1.165) is 49.9 Å². The minimum atomic E-state index is 0.0379. The number of carbonyl (C=O) groups is 1. The van der Waals surface area contributed by atoms with E-state index in [1.807, 2.05) is 23.1 Å². The average molecular weight is 354 g/mol. The smallest absolute Gasteiger partial charge is 0.274 e. The molecule has 0 radical (unpaired) electrons. The topological polar surface area (TPSA) is 70.7 Å². The van der Waals surface area contributed by atoms with Gasteiger partial charge in [-0.1, -0.05) is 6.07 Å². The van der Waals surface area contributed by atoms with E-state index in [1.54, 1.807) is 0 Å². The van der Waals surface area contributed by atoms with E-state index in [-0.39, 0.29) is 5.91 Å². The van der Waals surface area contributed by atoms with Crippen LogP contribution in [0.4, 0.5) is 0 Å². The average Bonchev–Trinajstić information content (AvgIpc) is 3.21. The summed E-state index contributed by atoms with van der Waals surface area (Å²) in [4.78, 5) is 16.9. The number of nitrogens with zero attached hydrogens (tertiary/aromatic N) is 3. The molecule has 0 bridgehead atoms. The van der Waals surface area contributed by atoms with Crippen LogP contribution in [-0.2, 0) is 6.54 Å². The van der Waals surface area contributed by atoms with Crippen LogP contribution in [0.5, 0.6) is 11.5 Å². The van der Waals surface area contributed by atoms with Crippen molar-refractivity contribution < 1.29 is 14.3 Å². The molecule has 1 aromatic carbocycles. The Morgan fingerprint density at radius 1 is 1.12 bits per heavy atom. The van der Waals surface area contributed by atoms with Crippen molar-refractivity contribution in [3.05, 3.63) is 41.2 Å². The van der Waals surface area contributed by atoms with Crippen LogP contribution in [0.3, 0.4) is 0 Å². The Kier molecular flexibility index (Phi) is 3.81. The van der Waals surface area contributed by atoms with Crippen LogP contribution in [0.2, 0.25) is 0 Å². The number of amides is 1. The number of ether oxygens (including phenoxy) is 2. The zero-order chi connectivity index (χ0) is 17.5. The molecule has 2 aliphatic heterocycles. The largest absolute Gasteiger partial charge is 0.454 e. The van der Waals surface area contributed by atoms with Crippen LogP contribution >= 0.6 is 0 Å². The SMILES string of the molecule is O=C(c1cc(C2CC2)[nH]n1)N1CCN(Cc2ccc3c(c2)OCO3)CC1. The Hall–Kier alpha value is -2.54. The normalized spacial score (nSPS) is 19.8. The number of H-pyrrole nitrogens is 1. The van der Waals surface area contributed by atoms with Crippen LogP contribution < -0.4 is 9.47 Å². The van der Waals surface area contributed by atoms with Gasteiger partial charge in [0.05, 0.1) is 0 Å². The van der Waals surface area contributed by atoms with Gasteiger partial charge in [-0.05, 0) is 36.6 Å². The summed E-state index contributed by atoms with van der Waals surface area (Å²) in [6.45, 7) is 4.34. The lowest BCUT2D eigenvalue weighted by molar-refractivity contribution is 0.0622. The zero-order valence-corrected chi connectivity index (χ0v) is 14.6. The van der Waals surface area contributed by atoms with Crippen LogP contribution in [0, 0.1) is 0 Å². The molecular weight excluding hydrogens is 332 g/mol. The van der Waals surface area contributed by atoms with E-state index in [1.165, 1.54) is 18.4 Å². The Bertz CT molecular complexity index is 822. The molecule has 0 atom stereocenters. The van der Waals surface area contributed by atoms with Crippen molar-refractivity contribution in [3.8, 4) is 11.5 Å². The van der Waals surface area contributed by atoms with Crippen LogP contribution in [-0.4, -0.2) is 58.9 Å². The van der Waals surface area contributed by atoms with Gasteiger partial charge in [-0.2, -0.15) is 5.10 Å². The van der Waals surface area contributed by atoms with Gasteiger partial charge in [0.25, 0.3) is 5.91 Å². The lowest BCUT2D eigenvalue weighted by Crippen LogP contribution is -2.48.